The van der Waals surface area contributed by atoms with Crippen molar-refractivity contribution in [3.63, 3.8) is 0 Å². The number of nitrogens with zero attached hydrogens (tertiary/aromatic N) is 3. The maximum atomic E-state index is 11.4. The van der Waals surface area contributed by atoms with Crippen molar-refractivity contribution in [3.05, 3.63) is 5.82 Å². The zero-order valence-corrected chi connectivity index (χ0v) is 11.8. The predicted molar refractivity (Wildman–Crippen MR) is 66.9 cm³/mol. The summed E-state index contributed by atoms with van der Waals surface area (Å²) in [5.74, 6) is 2.61. The molecule has 1 heterocycles. The topological polar surface area (TPSA) is 64.8 Å². The number of hydrogen-bond acceptors (Lipinski definition) is 4. The van der Waals surface area contributed by atoms with Crippen molar-refractivity contribution in [1.82, 2.24) is 14.8 Å². The minimum absolute atomic E-state index is 0.107. The lowest BCUT2D eigenvalue weighted by Gasteiger charge is -2.21. The van der Waals surface area contributed by atoms with Crippen molar-refractivity contribution >= 4 is 19.7 Å². The fourth-order valence-electron chi connectivity index (χ4n) is 3.61. The molecule has 0 aromatic carbocycles. The van der Waals surface area contributed by atoms with E-state index in [1.165, 1.54) is 19.3 Å². The van der Waals surface area contributed by atoms with Crippen molar-refractivity contribution in [3.8, 4) is 0 Å². The van der Waals surface area contributed by atoms with E-state index in [1.807, 2.05) is 6.92 Å². The minimum Gasteiger partial charge on any atom is -0.301 e. The maximum absolute atomic E-state index is 11.4. The summed E-state index contributed by atoms with van der Waals surface area (Å²) >= 11 is 0. The molecule has 2 aliphatic carbocycles. The van der Waals surface area contributed by atoms with Crippen LogP contribution in [0.1, 0.15) is 44.3 Å². The van der Waals surface area contributed by atoms with Gasteiger partial charge in [0.05, 0.1) is 0 Å². The quantitative estimate of drug-likeness (QED) is 0.800. The molecule has 2 aliphatic rings. The van der Waals surface area contributed by atoms with Crippen LogP contribution in [0.5, 0.6) is 0 Å². The van der Waals surface area contributed by atoms with Gasteiger partial charge in [0.1, 0.15) is 5.82 Å². The second kappa shape index (κ2) is 4.20. The molecule has 0 radical (unpaired) electrons. The van der Waals surface area contributed by atoms with E-state index in [0.29, 0.717) is 18.4 Å². The van der Waals surface area contributed by atoms with E-state index in [2.05, 4.69) is 10.2 Å². The zero-order chi connectivity index (χ0) is 12.9. The highest BCUT2D eigenvalue weighted by Gasteiger charge is 2.43. The van der Waals surface area contributed by atoms with Crippen molar-refractivity contribution in [2.45, 2.75) is 50.2 Å². The van der Waals surface area contributed by atoms with Gasteiger partial charge in [-0.2, -0.15) is 0 Å². The molecule has 1 aromatic heterocycles. The second-order valence-electron chi connectivity index (χ2n) is 5.30. The lowest BCUT2D eigenvalue weighted by molar-refractivity contribution is 0.391. The van der Waals surface area contributed by atoms with Crippen molar-refractivity contribution in [1.29, 1.82) is 0 Å². The minimum atomic E-state index is -3.81. The average molecular weight is 290 g/mol. The SMILES string of the molecule is CCn1c(C2CC3CCC2C3)nnc1S(=O)(=O)Cl. The van der Waals surface area contributed by atoms with Crippen LogP contribution in [0.3, 0.4) is 0 Å². The Morgan fingerprint density at radius 1 is 1.33 bits per heavy atom. The highest BCUT2D eigenvalue weighted by molar-refractivity contribution is 8.13. The summed E-state index contributed by atoms with van der Waals surface area (Å²) < 4.78 is 24.5. The average Bonchev–Trinajstić information content (AvgIpc) is 3.01. The summed E-state index contributed by atoms with van der Waals surface area (Å²) in [6.07, 6.45) is 4.91. The summed E-state index contributed by atoms with van der Waals surface area (Å²) in [6, 6.07) is 0. The molecule has 18 heavy (non-hydrogen) atoms. The van der Waals surface area contributed by atoms with Crippen LogP contribution in [0, 0.1) is 11.8 Å². The van der Waals surface area contributed by atoms with Crippen molar-refractivity contribution < 1.29 is 8.42 Å². The summed E-state index contributed by atoms with van der Waals surface area (Å²) in [6.45, 7) is 2.43. The first kappa shape index (κ1) is 12.4. The fraction of sp³-hybridized carbons (Fsp3) is 0.818. The molecule has 0 N–H and O–H groups in total. The van der Waals surface area contributed by atoms with Crippen LogP contribution >= 0.6 is 10.7 Å². The Morgan fingerprint density at radius 2 is 2.11 bits per heavy atom. The second-order valence-corrected chi connectivity index (χ2v) is 7.76. The van der Waals surface area contributed by atoms with Gasteiger partial charge in [0, 0.05) is 23.1 Å². The van der Waals surface area contributed by atoms with Crippen LogP contribution in [-0.4, -0.2) is 23.2 Å². The third-order valence-corrected chi connectivity index (χ3v) is 5.50. The molecule has 2 fully saturated rings. The van der Waals surface area contributed by atoms with Gasteiger partial charge in [-0.1, -0.05) is 6.42 Å². The molecule has 7 heteroatoms. The smallest absolute Gasteiger partial charge is 0.296 e. The Morgan fingerprint density at radius 3 is 2.61 bits per heavy atom. The first-order valence-corrected chi connectivity index (χ1v) is 8.69. The van der Waals surface area contributed by atoms with E-state index in [-0.39, 0.29) is 5.16 Å². The predicted octanol–water partition coefficient (Wildman–Crippen LogP) is 2.13. The van der Waals surface area contributed by atoms with Gasteiger partial charge in [-0.05, 0) is 38.0 Å². The Bertz CT molecular complexity index is 569. The fourth-order valence-corrected chi connectivity index (χ4v) is 4.58. The maximum Gasteiger partial charge on any atom is 0.296 e. The summed E-state index contributed by atoms with van der Waals surface area (Å²) in [5, 5.41) is 7.78. The lowest BCUT2D eigenvalue weighted by atomic mass is 9.88. The summed E-state index contributed by atoms with van der Waals surface area (Å²) in [5.41, 5.74) is 0. The molecule has 2 saturated carbocycles. The third kappa shape index (κ3) is 1.86. The number of fused-ring (bicyclic) bond motifs is 2. The number of halogens is 1. The van der Waals surface area contributed by atoms with Crippen molar-refractivity contribution in [2.24, 2.45) is 11.8 Å². The molecule has 3 rings (SSSR count). The Balaban J connectivity index is 2.01. The monoisotopic (exact) mass is 289 g/mol. The van der Waals surface area contributed by atoms with E-state index in [4.69, 9.17) is 10.7 Å². The number of rotatable bonds is 3. The largest absolute Gasteiger partial charge is 0.301 e. The standard InChI is InChI=1S/C11H16ClN3O2S/c1-2-15-10(13-14-11(15)18(12,16)17)9-6-7-3-4-8(9)5-7/h7-9H,2-6H2,1H3. The molecule has 3 unspecified atom stereocenters. The molecule has 5 nitrogen and oxygen atoms in total. The molecule has 2 bridgehead atoms. The highest BCUT2D eigenvalue weighted by atomic mass is 35.7. The lowest BCUT2D eigenvalue weighted by Crippen LogP contribution is -2.16. The molecule has 0 amide bonds. The van der Waals surface area contributed by atoms with Crippen molar-refractivity contribution in [2.75, 3.05) is 0 Å². The summed E-state index contributed by atoms with van der Waals surface area (Å²) in [7, 11) is 1.58. The molecule has 0 spiro atoms. The van der Waals surface area contributed by atoms with E-state index >= 15 is 0 Å². The van der Waals surface area contributed by atoms with Crippen LogP contribution in [0.25, 0.3) is 0 Å². The van der Waals surface area contributed by atoms with Gasteiger partial charge in [0.2, 0.25) is 0 Å². The molecular formula is C11H16ClN3O2S. The highest BCUT2D eigenvalue weighted by Crippen LogP contribution is 2.52. The van der Waals surface area contributed by atoms with Gasteiger partial charge in [-0.3, -0.25) is 0 Å². The van der Waals surface area contributed by atoms with Gasteiger partial charge < -0.3 is 4.57 Å². The van der Waals surface area contributed by atoms with Gasteiger partial charge in [-0.15, -0.1) is 10.2 Å². The Kier molecular flexibility index (Phi) is 2.90. The van der Waals surface area contributed by atoms with E-state index < -0.39 is 9.05 Å². The molecule has 1 aromatic rings. The van der Waals surface area contributed by atoms with Gasteiger partial charge in [-0.25, -0.2) is 8.42 Å². The first-order chi connectivity index (χ1) is 8.50. The van der Waals surface area contributed by atoms with Gasteiger partial charge in [0.15, 0.2) is 0 Å². The normalized spacial score (nSPS) is 31.1. The van der Waals surface area contributed by atoms with Crippen LogP contribution in [0.4, 0.5) is 0 Å². The molecular weight excluding hydrogens is 274 g/mol. The molecule has 100 valence electrons. The zero-order valence-electron chi connectivity index (χ0n) is 10.2. The number of hydrogen-bond donors (Lipinski definition) is 0. The van der Waals surface area contributed by atoms with Crippen LogP contribution in [0.15, 0.2) is 5.16 Å². The van der Waals surface area contributed by atoms with E-state index in [0.717, 1.165) is 18.2 Å². The Labute approximate surface area is 111 Å². The van der Waals surface area contributed by atoms with E-state index in [1.54, 1.807) is 4.57 Å². The van der Waals surface area contributed by atoms with Crippen LogP contribution in [0.2, 0.25) is 0 Å². The number of aromatic nitrogens is 3. The molecule has 0 saturated heterocycles. The molecule has 0 aliphatic heterocycles. The summed E-state index contributed by atoms with van der Waals surface area (Å²) in [4.78, 5) is 0. The van der Waals surface area contributed by atoms with Gasteiger partial charge in [0.25, 0.3) is 14.2 Å². The third-order valence-electron chi connectivity index (χ3n) is 4.35. The van der Waals surface area contributed by atoms with E-state index in [9.17, 15) is 8.42 Å². The van der Waals surface area contributed by atoms with Crippen LogP contribution in [-0.2, 0) is 15.6 Å². The first-order valence-electron chi connectivity index (χ1n) is 6.38. The van der Waals surface area contributed by atoms with Gasteiger partial charge >= 0.3 is 0 Å². The molecule has 3 atom stereocenters. The Hall–Kier alpha value is -0.620. The van der Waals surface area contributed by atoms with Crippen LogP contribution < -0.4 is 0 Å².